The van der Waals surface area contributed by atoms with E-state index in [1.807, 2.05) is 18.2 Å². The lowest BCUT2D eigenvalue weighted by molar-refractivity contribution is -0.0636. The van der Waals surface area contributed by atoms with Crippen LogP contribution in [0.1, 0.15) is 24.0 Å². The van der Waals surface area contributed by atoms with Crippen molar-refractivity contribution in [1.29, 1.82) is 0 Å². The van der Waals surface area contributed by atoms with E-state index in [-0.39, 0.29) is 5.60 Å². The van der Waals surface area contributed by atoms with Gasteiger partial charge in [-0.05, 0) is 30.5 Å². The largest absolute Gasteiger partial charge is 0.373 e. The van der Waals surface area contributed by atoms with Gasteiger partial charge in [-0.1, -0.05) is 48.0 Å². The van der Waals surface area contributed by atoms with Crippen LogP contribution in [0, 0.1) is 0 Å². The van der Waals surface area contributed by atoms with Crippen molar-refractivity contribution < 1.29 is 4.74 Å². The minimum atomic E-state index is -0.269. The second-order valence-corrected chi connectivity index (χ2v) is 7.22. The molecule has 2 heterocycles. The predicted molar refractivity (Wildman–Crippen MR) is 103 cm³/mol. The Labute approximate surface area is 153 Å². The van der Waals surface area contributed by atoms with E-state index in [1.54, 1.807) is 7.11 Å². The second-order valence-electron chi connectivity index (χ2n) is 6.81. The number of nitrogens with zero attached hydrogens (tertiary/aromatic N) is 1. The number of rotatable bonds is 4. The average Bonchev–Trinajstić information content (AvgIpc) is 3.06. The molecule has 130 valence electrons. The Bertz CT molecular complexity index is 865. The number of para-hydroxylation sites is 1. The molecule has 3 aromatic rings. The molecular weight excluding hydrogens is 332 g/mol. The summed E-state index contributed by atoms with van der Waals surface area (Å²) < 4.78 is 5.98. The molecule has 0 radical (unpaired) electrons. The summed E-state index contributed by atoms with van der Waals surface area (Å²) in [4.78, 5) is 5.87. The van der Waals surface area contributed by atoms with Crippen LogP contribution in [-0.4, -0.2) is 30.1 Å². The Morgan fingerprint density at radius 3 is 2.56 bits per heavy atom. The molecule has 0 amide bonds. The van der Waals surface area contributed by atoms with Gasteiger partial charge < -0.3 is 9.72 Å². The summed E-state index contributed by atoms with van der Waals surface area (Å²) >= 11 is 6.44. The summed E-state index contributed by atoms with van der Waals surface area (Å²) in [6.07, 6.45) is 4.04. The van der Waals surface area contributed by atoms with Crippen LogP contribution >= 0.6 is 11.6 Å². The van der Waals surface area contributed by atoms with Crippen molar-refractivity contribution in [3.63, 3.8) is 0 Å². The highest BCUT2D eigenvalue weighted by atomic mass is 35.5. The van der Waals surface area contributed by atoms with Gasteiger partial charge in [0.05, 0.1) is 5.60 Å². The van der Waals surface area contributed by atoms with E-state index >= 15 is 0 Å². The third kappa shape index (κ3) is 3.08. The Hall–Kier alpha value is -1.81. The number of aromatic amines is 1. The number of ether oxygens (including phenoxy) is 1. The third-order valence-corrected chi connectivity index (χ3v) is 5.82. The molecule has 1 N–H and O–H groups in total. The molecule has 1 aromatic heterocycles. The zero-order chi connectivity index (χ0) is 17.3. The number of likely N-dealkylation sites (tertiary alicyclic amines) is 1. The summed E-state index contributed by atoms with van der Waals surface area (Å²) in [7, 11) is 1.80. The van der Waals surface area contributed by atoms with E-state index in [0.29, 0.717) is 0 Å². The second kappa shape index (κ2) is 6.83. The van der Waals surface area contributed by atoms with Gasteiger partial charge in [-0.2, -0.15) is 0 Å². The highest BCUT2D eigenvalue weighted by molar-refractivity contribution is 6.31. The fourth-order valence-electron chi connectivity index (χ4n) is 3.99. The lowest BCUT2D eigenvalue weighted by Gasteiger charge is -2.41. The van der Waals surface area contributed by atoms with Crippen LogP contribution < -0.4 is 0 Å². The normalized spacial score (nSPS) is 17.8. The van der Waals surface area contributed by atoms with E-state index in [0.717, 1.165) is 43.1 Å². The number of hydrogen-bond acceptors (Lipinski definition) is 2. The molecule has 1 saturated heterocycles. The number of benzene rings is 2. The Kier molecular flexibility index (Phi) is 4.55. The first kappa shape index (κ1) is 16.6. The van der Waals surface area contributed by atoms with Gasteiger partial charge in [0.1, 0.15) is 0 Å². The van der Waals surface area contributed by atoms with Crippen LogP contribution in [0.15, 0.2) is 54.7 Å². The average molecular weight is 355 g/mol. The van der Waals surface area contributed by atoms with Gasteiger partial charge in [-0.15, -0.1) is 0 Å². The summed E-state index contributed by atoms with van der Waals surface area (Å²) in [6, 6.07) is 16.6. The molecule has 1 fully saturated rings. The minimum absolute atomic E-state index is 0.269. The molecule has 25 heavy (non-hydrogen) atoms. The Balaban J connectivity index is 1.50. The first-order valence-corrected chi connectivity index (χ1v) is 9.17. The highest BCUT2D eigenvalue weighted by Crippen LogP contribution is 2.40. The molecule has 4 rings (SSSR count). The van der Waals surface area contributed by atoms with Crippen LogP contribution in [0.3, 0.4) is 0 Å². The van der Waals surface area contributed by atoms with Crippen molar-refractivity contribution in [2.45, 2.75) is 25.0 Å². The number of methoxy groups -OCH3 is 1. The summed E-state index contributed by atoms with van der Waals surface area (Å²) in [5.41, 5.74) is 3.41. The molecule has 0 atom stereocenters. The van der Waals surface area contributed by atoms with Crippen molar-refractivity contribution in [1.82, 2.24) is 9.88 Å². The zero-order valence-corrected chi connectivity index (χ0v) is 15.2. The molecule has 2 aromatic carbocycles. The number of fused-ring (bicyclic) bond motifs is 1. The van der Waals surface area contributed by atoms with E-state index in [2.05, 4.69) is 46.4 Å². The quantitative estimate of drug-likeness (QED) is 0.717. The monoisotopic (exact) mass is 354 g/mol. The molecule has 0 bridgehead atoms. The topological polar surface area (TPSA) is 28.3 Å². The van der Waals surface area contributed by atoms with Crippen molar-refractivity contribution in [3.05, 3.63) is 70.9 Å². The molecular formula is C21H23ClN2O. The smallest absolute Gasteiger partial charge is 0.0966 e. The van der Waals surface area contributed by atoms with E-state index in [1.165, 1.54) is 16.5 Å². The Morgan fingerprint density at radius 1 is 1.08 bits per heavy atom. The summed E-state index contributed by atoms with van der Waals surface area (Å²) in [6.45, 7) is 2.96. The maximum Gasteiger partial charge on any atom is 0.0966 e. The number of piperidine rings is 1. The SMILES string of the molecule is COC1(c2ccccc2Cl)CCN(Cc2c[nH]c3ccccc23)CC1. The lowest BCUT2D eigenvalue weighted by atomic mass is 9.84. The maximum absolute atomic E-state index is 6.44. The Morgan fingerprint density at radius 2 is 1.80 bits per heavy atom. The molecule has 1 aliphatic heterocycles. The third-order valence-electron chi connectivity index (χ3n) is 5.49. The van der Waals surface area contributed by atoms with Gasteiger partial charge in [0.25, 0.3) is 0 Å². The number of nitrogens with one attached hydrogen (secondary N) is 1. The van der Waals surface area contributed by atoms with Gasteiger partial charge in [-0.25, -0.2) is 0 Å². The van der Waals surface area contributed by atoms with Crippen molar-refractivity contribution in [3.8, 4) is 0 Å². The van der Waals surface area contributed by atoms with Gasteiger partial charge in [0, 0.05) is 54.4 Å². The van der Waals surface area contributed by atoms with E-state index < -0.39 is 0 Å². The van der Waals surface area contributed by atoms with Crippen LogP contribution in [0.4, 0.5) is 0 Å². The van der Waals surface area contributed by atoms with Crippen LogP contribution in [0.2, 0.25) is 5.02 Å². The molecule has 0 aliphatic carbocycles. The predicted octanol–water partition coefficient (Wildman–Crippen LogP) is 4.96. The molecule has 0 unspecified atom stereocenters. The number of H-pyrrole nitrogens is 1. The molecule has 0 spiro atoms. The van der Waals surface area contributed by atoms with Gasteiger partial charge in [0.2, 0.25) is 0 Å². The minimum Gasteiger partial charge on any atom is -0.373 e. The van der Waals surface area contributed by atoms with Crippen LogP contribution in [0.25, 0.3) is 10.9 Å². The number of halogens is 1. The highest BCUT2D eigenvalue weighted by Gasteiger charge is 2.37. The zero-order valence-electron chi connectivity index (χ0n) is 14.5. The van der Waals surface area contributed by atoms with Crippen molar-refractivity contribution >= 4 is 22.5 Å². The molecule has 3 nitrogen and oxygen atoms in total. The van der Waals surface area contributed by atoms with E-state index in [9.17, 15) is 0 Å². The molecule has 1 aliphatic rings. The molecule has 4 heteroatoms. The van der Waals surface area contributed by atoms with Crippen molar-refractivity contribution in [2.75, 3.05) is 20.2 Å². The standard InChI is InChI=1S/C21H23ClN2O/c1-25-21(18-7-3-4-8-19(18)22)10-12-24(13-11-21)15-16-14-23-20-9-5-2-6-17(16)20/h2-9,14,23H,10-13,15H2,1H3. The maximum atomic E-state index is 6.44. The van der Waals surface area contributed by atoms with Gasteiger partial charge >= 0.3 is 0 Å². The van der Waals surface area contributed by atoms with Gasteiger partial charge in [-0.3, -0.25) is 4.90 Å². The van der Waals surface area contributed by atoms with E-state index in [4.69, 9.17) is 16.3 Å². The van der Waals surface area contributed by atoms with Gasteiger partial charge in [0.15, 0.2) is 0 Å². The number of hydrogen-bond donors (Lipinski definition) is 1. The first-order chi connectivity index (χ1) is 12.2. The number of aromatic nitrogens is 1. The lowest BCUT2D eigenvalue weighted by Crippen LogP contribution is -2.43. The summed E-state index contributed by atoms with van der Waals surface area (Å²) in [5.74, 6) is 0. The molecule has 0 saturated carbocycles. The first-order valence-electron chi connectivity index (χ1n) is 8.79. The van der Waals surface area contributed by atoms with Crippen molar-refractivity contribution in [2.24, 2.45) is 0 Å². The summed E-state index contributed by atoms with van der Waals surface area (Å²) in [5, 5.41) is 2.12. The fraction of sp³-hybridized carbons (Fsp3) is 0.333. The fourth-order valence-corrected chi connectivity index (χ4v) is 4.30. The van der Waals surface area contributed by atoms with Crippen LogP contribution in [-0.2, 0) is 16.9 Å². The van der Waals surface area contributed by atoms with Crippen LogP contribution in [0.5, 0.6) is 0 Å².